The molecule has 0 aromatic carbocycles. The Morgan fingerprint density at radius 1 is 1.10 bits per heavy atom. The van der Waals surface area contributed by atoms with Crippen LogP contribution in [-0.2, 0) is 9.47 Å². The van der Waals surface area contributed by atoms with Crippen LogP contribution in [-0.4, -0.2) is 63.0 Å². The minimum atomic E-state index is 0.154. The van der Waals surface area contributed by atoms with Crippen LogP contribution in [0.3, 0.4) is 0 Å². The van der Waals surface area contributed by atoms with E-state index in [1.807, 2.05) is 0 Å². The van der Waals surface area contributed by atoms with Crippen molar-refractivity contribution in [1.82, 2.24) is 10.2 Å². The highest BCUT2D eigenvalue weighted by molar-refractivity contribution is 4.93. The smallest absolute Gasteiger partial charge is 0.0645 e. The van der Waals surface area contributed by atoms with Gasteiger partial charge in [0.25, 0.3) is 0 Å². The van der Waals surface area contributed by atoms with Gasteiger partial charge in [-0.3, -0.25) is 4.90 Å². The summed E-state index contributed by atoms with van der Waals surface area (Å²) in [5.41, 5.74) is 0.517. The first-order valence-electron chi connectivity index (χ1n) is 8.55. The summed E-state index contributed by atoms with van der Waals surface area (Å²) in [6, 6.07) is 0. The summed E-state index contributed by atoms with van der Waals surface area (Å²) in [4.78, 5) is 2.64. The van der Waals surface area contributed by atoms with Crippen LogP contribution >= 0.6 is 0 Å². The summed E-state index contributed by atoms with van der Waals surface area (Å²) >= 11 is 0. The Balaban J connectivity index is 1.97. The van der Waals surface area contributed by atoms with Crippen molar-refractivity contribution in [1.29, 1.82) is 0 Å². The molecule has 4 heteroatoms. The third-order valence-electron chi connectivity index (χ3n) is 4.95. The van der Waals surface area contributed by atoms with Crippen molar-refractivity contribution in [3.8, 4) is 0 Å². The molecular weight excluding hydrogens is 264 g/mol. The fourth-order valence-corrected chi connectivity index (χ4v) is 3.41. The number of morpholine rings is 1. The molecule has 0 saturated carbocycles. The van der Waals surface area contributed by atoms with Gasteiger partial charge < -0.3 is 14.8 Å². The molecule has 0 atom stereocenters. The number of nitrogens with one attached hydrogen (secondary N) is 1. The number of hydrogen-bond acceptors (Lipinski definition) is 4. The number of rotatable bonds is 6. The lowest BCUT2D eigenvalue weighted by molar-refractivity contribution is -0.0847. The Labute approximate surface area is 130 Å². The molecule has 2 aliphatic rings. The lowest BCUT2D eigenvalue weighted by Crippen LogP contribution is -2.58. The van der Waals surface area contributed by atoms with Gasteiger partial charge in [0, 0.05) is 38.4 Å². The molecule has 124 valence electrons. The van der Waals surface area contributed by atoms with Gasteiger partial charge in [0.15, 0.2) is 0 Å². The maximum atomic E-state index is 5.67. The number of ether oxygens (including phenoxy) is 2. The highest BCUT2D eigenvalue weighted by Gasteiger charge is 2.39. The Bertz CT molecular complexity index is 312. The summed E-state index contributed by atoms with van der Waals surface area (Å²) in [5, 5.41) is 3.70. The van der Waals surface area contributed by atoms with E-state index in [-0.39, 0.29) is 5.54 Å². The lowest BCUT2D eigenvalue weighted by atomic mass is 9.78. The highest BCUT2D eigenvalue weighted by Crippen LogP contribution is 2.34. The molecule has 0 amide bonds. The van der Waals surface area contributed by atoms with Crippen LogP contribution in [0.4, 0.5) is 0 Å². The van der Waals surface area contributed by atoms with E-state index in [9.17, 15) is 0 Å². The van der Waals surface area contributed by atoms with E-state index in [0.717, 1.165) is 52.6 Å². The van der Waals surface area contributed by atoms with E-state index in [2.05, 4.69) is 37.9 Å². The standard InChI is InChI=1S/C17H34N2O2/c1-15(2)11-18-12-17(5-8-20-9-6-17)13-19-7-10-21-14-16(19,3)4/h15,18H,5-14H2,1-4H3. The van der Waals surface area contributed by atoms with Gasteiger partial charge in [-0.15, -0.1) is 0 Å². The van der Waals surface area contributed by atoms with Gasteiger partial charge in [-0.2, -0.15) is 0 Å². The molecule has 0 aliphatic carbocycles. The predicted octanol–water partition coefficient (Wildman–Crippen LogP) is 2.14. The van der Waals surface area contributed by atoms with Crippen LogP contribution in [0.1, 0.15) is 40.5 Å². The first kappa shape index (κ1) is 17.2. The number of nitrogens with zero attached hydrogens (tertiary/aromatic N) is 1. The monoisotopic (exact) mass is 298 g/mol. The minimum absolute atomic E-state index is 0.154. The molecule has 2 heterocycles. The zero-order chi connectivity index (χ0) is 15.3. The molecule has 2 aliphatic heterocycles. The molecule has 0 radical (unpaired) electrons. The summed E-state index contributed by atoms with van der Waals surface area (Å²) in [6.07, 6.45) is 2.34. The third-order valence-corrected chi connectivity index (χ3v) is 4.95. The largest absolute Gasteiger partial charge is 0.381 e. The van der Waals surface area contributed by atoms with Crippen LogP contribution in [0.5, 0.6) is 0 Å². The lowest BCUT2D eigenvalue weighted by Gasteiger charge is -2.48. The van der Waals surface area contributed by atoms with E-state index in [1.165, 1.54) is 12.8 Å². The van der Waals surface area contributed by atoms with E-state index < -0.39 is 0 Å². The van der Waals surface area contributed by atoms with Crippen LogP contribution in [0, 0.1) is 11.3 Å². The molecule has 0 aromatic heterocycles. The average Bonchev–Trinajstić information content (AvgIpc) is 2.42. The molecule has 21 heavy (non-hydrogen) atoms. The molecule has 4 nitrogen and oxygen atoms in total. The fourth-order valence-electron chi connectivity index (χ4n) is 3.41. The van der Waals surface area contributed by atoms with Gasteiger partial charge in [-0.1, -0.05) is 13.8 Å². The molecule has 0 bridgehead atoms. The molecule has 2 fully saturated rings. The molecular formula is C17H34N2O2. The van der Waals surface area contributed by atoms with Crippen LogP contribution in [0.15, 0.2) is 0 Å². The third kappa shape index (κ3) is 4.92. The second-order valence-electron chi connectivity index (χ2n) is 7.92. The predicted molar refractivity (Wildman–Crippen MR) is 86.7 cm³/mol. The van der Waals surface area contributed by atoms with Crippen molar-refractivity contribution >= 4 is 0 Å². The Hall–Kier alpha value is -0.160. The molecule has 0 aromatic rings. The molecule has 0 spiro atoms. The number of hydrogen-bond donors (Lipinski definition) is 1. The van der Waals surface area contributed by atoms with Crippen molar-refractivity contribution in [2.24, 2.45) is 11.3 Å². The SMILES string of the molecule is CC(C)CNCC1(CN2CCOCC2(C)C)CCOCC1. The first-order valence-corrected chi connectivity index (χ1v) is 8.55. The zero-order valence-electron chi connectivity index (χ0n) is 14.4. The van der Waals surface area contributed by atoms with E-state index >= 15 is 0 Å². The van der Waals surface area contributed by atoms with E-state index in [1.54, 1.807) is 0 Å². The van der Waals surface area contributed by atoms with Crippen LogP contribution < -0.4 is 5.32 Å². The average molecular weight is 298 g/mol. The van der Waals surface area contributed by atoms with Gasteiger partial charge in [0.05, 0.1) is 13.2 Å². The summed E-state index contributed by atoms with van der Waals surface area (Å²) < 4.78 is 11.3. The van der Waals surface area contributed by atoms with Crippen molar-refractivity contribution in [2.75, 3.05) is 52.6 Å². The minimum Gasteiger partial charge on any atom is -0.381 e. The Kier molecular flexibility index (Phi) is 6.06. The zero-order valence-corrected chi connectivity index (χ0v) is 14.4. The van der Waals surface area contributed by atoms with Crippen molar-refractivity contribution < 1.29 is 9.47 Å². The van der Waals surface area contributed by atoms with E-state index in [4.69, 9.17) is 9.47 Å². The maximum absolute atomic E-state index is 5.67. The second kappa shape index (κ2) is 7.40. The molecule has 2 saturated heterocycles. The molecule has 0 unspecified atom stereocenters. The van der Waals surface area contributed by atoms with Crippen molar-refractivity contribution in [2.45, 2.75) is 46.1 Å². The van der Waals surface area contributed by atoms with Gasteiger partial charge >= 0.3 is 0 Å². The van der Waals surface area contributed by atoms with Crippen molar-refractivity contribution in [3.05, 3.63) is 0 Å². The normalized spacial score (nSPS) is 26.1. The maximum Gasteiger partial charge on any atom is 0.0645 e. The quantitative estimate of drug-likeness (QED) is 0.814. The highest BCUT2D eigenvalue weighted by atomic mass is 16.5. The topological polar surface area (TPSA) is 33.7 Å². The van der Waals surface area contributed by atoms with Gasteiger partial charge in [0.1, 0.15) is 0 Å². The van der Waals surface area contributed by atoms with Crippen LogP contribution in [0.25, 0.3) is 0 Å². The fraction of sp³-hybridized carbons (Fsp3) is 1.00. The van der Waals surface area contributed by atoms with Gasteiger partial charge in [0.2, 0.25) is 0 Å². The first-order chi connectivity index (χ1) is 9.94. The summed E-state index contributed by atoms with van der Waals surface area (Å²) in [5.74, 6) is 0.710. The summed E-state index contributed by atoms with van der Waals surface area (Å²) in [7, 11) is 0. The van der Waals surface area contributed by atoms with Crippen LogP contribution in [0.2, 0.25) is 0 Å². The van der Waals surface area contributed by atoms with Gasteiger partial charge in [-0.25, -0.2) is 0 Å². The second-order valence-corrected chi connectivity index (χ2v) is 7.92. The Morgan fingerprint density at radius 2 is 1.81 bits per heavy atom. The molecule has 2 rings (SSSR count). The van der Waals surface area contributed by atoms with E-state index in [0.29, 0.717) is 11.3 Å². The van der Waals surface area contributed by atoms with Gasteiger partial charge in [-0.05, 0) is 44.6 Å². The Morgan fingerprint density at radius 3 is 2.43 bits per heavy atom. The molecule has 1 N–H and O–H groups in total. The summed E-state index contributed by atoms with van der Waals surface area (Å²) in [6.45, 7) is 17.1. The van der Waals surface area contributed by atoms with Crippen molar-refractivity contribution in [3.63, 3.8) is 0 Å².